The van der Waals surface area contributed by atoms with E-state index in [1.54, 1.807) is 0 Å². The first-order chi connectivity index (χ1) is 6.26. The molecule has 0 saturated heterocycles. The van der Waals surface area contributed by atoms with E-state index in [-0.39, 0.29) is 0 Å². The van der Waals surface area contributed by atoms with Crippen LogP contribution >= 0.6 is 0 Å². The van der Waals surface area contributed by atoms with Crippen LogP contribution in [0.25, 0.3) is 0 Å². The van der Waals surface area contributed by atoms with Crippen molar-refractivity contribution in [3.05, 3.63) is 18.2 Å². The Bertz CT molecular complexity index is 238. The van der Waals surface area contributed by atoms with Gasteiger partial charge in [-0.3, -0.25) is 0 Å². The molecule has 0 fully saturated rings. The molecule has 13 heavy (non-hydrogen) atoms. The van der Waals surface area contributed by atoms with E-state index in [9.17, 15) is 0 Å². The van der Waals surface area contributed by atoms with Gasteiger partial charge in [-0.2, -0.15) is 0 Å². The van der Waals surface area contributed by atoms with Gasteiger partial charge in [-0.1, -0.05) is 13.8 Å². The van der Waals surface area contributed by atoms with Crippen LogP contribution in [0.2, 0.25) is 0 Å². The predicted molar refractivity (Wildman–Crippen MR) is 53.6 cm³/mol. The SMILES string of the molecule is CCN(CC)CCn1[c]c(C)nc1. The highest BCUT2D eigenvalue weighted by atomic mass is 15.1. The number of nitrogens with zero attached hydrogens (tertiary/aromatic N) is 3. The molecule has 0 aliphatic heterocycles. The Labute approximate surface area is 80.4 Å². The quantitative estimate of drug-likeness (QED) is 0.681. The minimum atomic E-state index is 0.972. The normalized spacial score (nSPS) is 11.1. The van der Waals surface area contributed by atoms with Gasteiger partial charge in [0.05, 0.1) is 18.2 Å². The van der Waals surface area contributed by atoms with Gasteiger partial charge in [-0.25, -0.2) is 4.98 Å². The topological polar surface area (TPSA) is 21.1 Å². The zero-order valence-corrected chi connectivity index (χ0v) is 8.75. The van der Waals surface area contributed by atoms with E-state index in [2.05, 4.69) is 29.9 Å². The fraction of sp³-hybridized carbons (Fsp3) is 0.700. The Morgan fingerprint density at radius 3 is 2.62 bits per heavy atom. The van der Waals surface area contributed by atoms with Crippen LogP contribution in [-0.4, -0.2) is 34.1 Å². The molecule has 0 amide bonds. The lowest BCUT2D eigenvalue weighted by Gasteiger charge is -2.17. The van der Waals surface area contributed by atoms with Gasteiger partial charge in [-0.05, 0) is 20.0 Å². The smallest absolute Gasteiger partial charge is 0.0955 e. The zero-order valence-electron chi connectivity index (χ0n) is 8.75. The van der Waals surface area contributed by atoms with Crippen LogP contribution in [0.3, 0.4) is 0 Å². The van der Waals surface area contributed by atoms with Gasteiger partial charge in [0, 0.05) is 13.1 Å². The molecular weight excluding hydrogens is 162 g/mol. The number of aromatic nitrogens is 2. The minimum Gasteiger partial charge on any atom is -0.328 e. The van der Waals surface area contributed by atoms with E-state index >= 15 is 0 Å². The lowest BCUT2D eigenvalue weighted by Crippen LogP contribution is -2.26. The van der Waals surface area contributed by atoms with Gasteiger partial charge in [-0.15, -0.1) is 0 Å². The van der Waals surface area contributed by atoms with E-state index in [1.165, 1.54) is 0 Å². The van der Waals surface area contributed by atoms with E-state index in [4.69, 9.17) is 0 Å². The van der Waals surface area contributed by atoms with Crippen LogP contribution in [0.4, 0.5) is 0 Å². The van der Waals surface area contributed by atoms with E-state index in [1.807, 2.05) is 17.8 Å². The summed E-state index contributed by atoms with van der Waals surface area (Å²) in [6, 6.07) is 0. The molecule has 1 rings (SSSR count). The summed E-state index contributed by atoms with van der Waals surface area (Å²) in [5, 5.41) is 0. The Balaban J connectivity index is 2.33. The molecule has 0 aliphatic rings. The van der Waals surface area contributed by atoms with Gasteiger partial charge in [0.15, 0.2) is 0 Å². The van der Waals surface area contributed by atoms with Gasteiger partial charge in [0.1, 0.15) is 0 Å². The van der Waals surface area contributed by atoms with Crippen LogP contribution in [-0.2, 0) is 6.54 Å². The van der Waals surface area contributed by atoms with Gasteiger partial charge >= 0.3 is 0 Å². The second-order valence-corrected chi connectivity index (χ2v) is 3.16. The molecule has 3 heteroatoms. The van der Waals surface area contributed by atoms with Gasteiger partial charge < -0.3 is 9.47 Å². The molecule has 1 aromatic rings. The third-order valence-electron chi connectivity index (χ3n) is 2.25. The lowest BCUT2D eigenvalue weighted by molar-refractivity contribution is 0.290. The number of aryl methyl sites for hydroxylation is 1. The molecule has 1 aromatic heterocycles. The summed E-state index contributed by atoms with van der Waals surface area (Å²) in [5.41, 5.74) is 0.972. The molecule has 0 aromatic carbocycles. The van der Waals surface area contributed by atoms with E-state index < -0.39 is 0 Å². The van der Waals surface area contributed by atoms with Crippen molar-refractivity contribution < 1.29 is 0 Å². The first-order valence-electron chi connectivity index (χ1n) is 4.89. The Morgan fingerprint density at radius 1 is 1.46 bits per heavy atom. The summed E-state index contributed by atoms with van der Waals surface area (Å²) in [7, 11) is 0. The molecule has 1 heterocycles. The molecule has 0 bridgehead atoms. The highest BCUT2D eigenvalue weighted by molar-refractivity contribution is 4.89. The van der Waals surface area contributed by atoms with Gasteiger partial charge in [0.25, 0.3) is 0 Å². The maximum absolute atomic E-state index is 4.14. The molecule has 0 spiro atoms. The third kappa shape index (κ3) is 3.19. The van der Waals surface area contributed by atoms with Gasteiger partial charge in [0.2, 0.25) is 0 Å². The summed E-state index contributed by atoms with van der Waals surface area (Å²) in [6.07, 6.45) is 5.00. The minimum absolute atomic E-state index is 0.972. The van der Waals surface area contributed by atoms with Crippen LogP contribution in [0.5, 0.6) is 0 Å². The van der Waals surface area contributed by atoms with E-state index in [0.717, 1.165) is 31.9 Å². The molecule has 0 saturated carbocycles. The summed E-state index contributed by atoms with van der Waals surface area (Å²) >= 11 is 0. The molecule has 0 N–H and O–H groups in total. The third-order valence-corrected chi connectivity index (χ3v) is 2.25. The number of hydrogen-bond acceptors (Lipinski definition) is 2. The molecule has 0 atom stereocenters. The zero-order chi connectivity index (χ0) is 9.68. The van der Waals surface area contributed by atoms with Crippen molar-refractivity contribution in [3.8, 4) is 0 Å². The van der Waals surface area contributed by atoms with Crippen molar-refractivity contribution >= 4 is 0 Å². The number of hydrogen-bond donors (Lipinski definition) is 0. The first-order valence-corrected chi connectivity index (χ1v) is 4.89. The van der Waals surface area contributed by atoms with Crippen LogP contribution in [0.15, 0.2) is 6.33 Å². The van der Waals surface area contributed by atoms with E-state index in [0.29, 0.717) is 0 Å². The molecule has 1 radical (unpaired) electrons. The van der Waals surface area contributed by atoms with Crippen molar-refractivity contribution in [1.29, 1.82) is 0 Å². The second-order valence-electron chi connectivity index (χ2n) is 3.16. The highest BCUT2D eigenvalue weighted by Crippen LogP contribution is 1.94. The average molecular weight is 180 g/mol. The Morgan fingerprint density at radius 2 is 2.15 bits per heavy atom. The fourth-order valence-corrected chi connectivity index (χ4v) is 1.32. The average Bonchev–Trinajstić information content (AvgIpc) is 2.53. The number of rotatable bonds is 5. The number of likely N-dealkylation sites (N-methyl/N-ethyl adjacent to an activating group) is 1. The van der Waals surface area contributed by atoms with Crippen molar-refractivity contribution in [1.82, 2.24) is 14.5 Å². The molecule has 3 nitrogen and oxygen atoms in total. The highest BCUT2D eigenvalue weighted by Gasteiger charge is 1.99. The summed E-state index contributed by atoms with van der Waals surface area (Å²) in [6.45, 7) is 10.6. The fourth-order valence-electron chi connectivity index (χ4n) is 1.32. The van der Waals surface area contributed by atoms with Crippen molar-refractivity contribution in [2.75, 3.05) is 19.6 Å². The lowest BCUT2D eigenvalue weighted by atomic mass is 10.4. The maximum Gasteiger partial charge on any atom is 0.0955 e. The van der Waals surface area contributed by atoms with Crippen LogP contribution < -0.4 is 0 Å². The van der Waals surface area contributed by atoms with Crippen LogP contribution in [0.1, 0.15) is 19.5 Å². The second kappa shape index (κ2) is 5.02. The molecular formula is C10H18N3. The maximum atomic E-state index is 4.14. The van der Waals surface area contributed by atoms with Crippen molar-refractivity contribution in [3.63, 3.8) is 0 Å². The Hall–Kier alpha value is -0.830. The monoisotopic (exact) mass is 180 g/mol. The standard InChI is InChI=1S/C10H18N3/c1-4-12(5-2)6-7-13-8-10(3)11-9-13/h9H,4-7H2,1-3H3. The summed E-state index contributed by atoms with van der Waals surface area (Å²) < 4.78 is 2.02. The summed E-state index contributed by atoms with van der Waals surface area (Å²) in [4.78, 5) is 6.53. The molecule has 73 valence electrons. The Kier molecular flexibility index (Phi) is 3.96. The largest absolute Gasteiger partial charge is 0.328 e. The first kappa shape index (κ1) is 10.3. The predicted octanol–water partition coefficient (Wildman–Crippen LogP) is 1.33. The number of imidazole rings is 1. The van der Waals surface area contributed by atoms with Crippen molar-refractivity contribution in [2.45, 2.75) is 27.3 Å². The molecule has 0 unspecified atom stereocenters. The summed E-state index contributed by atoms with van der Waals surface area (Å²) in [5.74, 6) is 0. The van der Waals surface area contributed by atoms with Crippen LogP contribution in [0, 0.1) is 13.1 Å². The molecule has 0 aliphatic carbocycles. The van der Waals surface area contributed by atoms with Crippen molar-refractivity contribution in [2.24, 2.45) is 0 Å².